The number of methoxy groups -OCH3 is 1. The van der Waals surface area contributed by atoms with Gasteiger partial charge in [-0.15, -0.1) is 0 Å². The Morgan fingerprint density at radius 2 is 2.09 bits per heavy atom. The maximum absolute atomic E-state index is 14.6. The van der Waals surface area contributed by atoms with Crippen molar-refractivity contribution >= 4 is 11.5 Å². The van der Waals surface area contributed by atoms with Crippen molar-refractivity contribution in [3.05, 3.63) is 35.4 Å². The van der Waals surface area contributed by atoms with Crippen molar-refractivity contribution in [2.24, 2.45) is 0 Å². The summed E-state index contributed by atoms with van der Waals surface area (Å²) in [6.07, 6.45) is 1.18. The normalized spacial score (nSPS) is 15.7. The Balaban J connectivity index is 1.80. The molecule has 4 rings (SSSR count). The summed E-state index contributed by atoms with van der Waals surface area (Å²) in [4.78, 5) is 8.89. The smallest absolute Gasteiger partial charge is 0.165 e. The average Bonchev–Trinajstić information content (AvgIpc) is 3.59. The Morgan fingerprint density at radius 1 is 1.31 bits per heavy atom. The number of nitrogens with one attached hydrogen (secondary N) is 2. The van der Waals surface area contributed by atoms with E-state index < -0.39 is 18.0 Å². The number of aliphatic hydroxyl groups excluding tert-OH is 1. The molecular weight excluding hydrogens is 418 g/mol. The lowest BCUT2D eigenvalue weighted by Crippen LogP contribution is -2.39. The minimum atomic E-state index is -1.17. The van der Waals surface area contributed by atoms with E-state index in [0.29, 0.717) is 40.9 Å². The molecule has 3 N–H and O–H groups in total. The monoisotopic (exact) mass is 446 g/mol. The van der Waals surface area contributed by atoms with E-state index in [0.717, 1.165) is 18.5 Å². The Morgan fingerprint density at radius 3 is 2.72 bits per heavy atom. The van der Waals surface area contributed by atoms with Crippen molar-refractivity contribution in [2.45, 2.75) is 50.9 Å². The number of halogens is 2. The lowest BCUT2D eigenvalue weighted by Gasteiger charge is -2.22. The van der Waals surface area contributed by atoms with Crippen LogP contribution in [0, 0.1) is 5.82 Å². The number of pyridine rings is 1. The molecule has 1 saturated carbocycles. The second-order valence-corrected chi connectivity index (χ2v) is 7.97. The number of fused-ring (bicyclic) bond motifs is 1. The summed E-state index contributed by atoms with van der Waals surface area (Å²) in [5.41, 5.74) is 2.52. The summed E-state index contributed by atoms with van der Waals surface area (Å²) in [5.74, 6) is 0.316. The topological polar surface area (TPSA) is 96.6 Å². The fraction of sp³-hybridized carbons (Fsp3) is 0.500. The number of alkyl halides is 1. The van der Waals surface area contributed by atoms with Crippen LogP contribution >= 0.6 is 0 Å². The van der Waals surface area contributed by atoms with Crippen LogP contribution < -0.4 is 15.4 Å². The molecule has 0 amide bonds. The number of nitrogens with zero attached hydrogens (tertiary/aromatic N) is 4. The number of aromatic nitrogens is 4. The zero-order valence-corrected chi connectivity index (χ0v) is 18.4. The SMILES string of the molecule is CCC(F)C(CNC)Nc1nc(-c2c(CO)nc3cc(OC)c(C4CC4)nn23)ccc1F. The Bertz CT molecular complexity index is 1100. The van der Waals surface area contributed by atoms with Gasteiger partial charge in [-0.25, -0.2) is 23.3 Å². The summed E-state index contributed by atoms with van der Waals surface area (Å²) < 4.78 is 36.1. The van der Waals surface area contributed by atoms with E-state index in [1.54, 1.807) is 31.7 Å². The minimum Gasteiger partial charge on any atom is -0.495 e. The van der Waals surface area contributed by atoms with Gasteiger partial charge in [-0.1, -0.05) is 6.92 Å². The Hall–Kier alpha value is -2.85. The molecule has 3 heterocycles. The molecule has 2 atom stereocenters. The Labute approximate surface area is 185 Å². The fourth-order valence-corrected chi connectivity index (χ4v) is 3.81. The molecule has 0 saturated heterocycles. The summed E-state index contributed by atoms with van der Waals surface area (Å²) in [5, 5.41) is 20.5. The van der Waals surface area contributed by atoms with Crippen LogP contribution in [0.5, 0.6) is 5.75 Å². The van der Waals surface area contributed by atoms with Gasteiger partial charge in [0, 0.05) is 18.5 Å². The van der Waals surface area contributed by atoms with E-state index in [1.165, 1.54) is 12.1 Å². The number of hydrogen-bond donors (Lipinski definition) is 3. The molecule has 1 aliphatic rings. The Kier molecular flexibility index (Phi) is 6.52. The summed E-state index contributed by atoms with van der Waals surface area (Å²) in [6.45, 7) is 1.70. The van der Waals surface area contributed by atoms with E-state index >= 15 is 0 Å². The van der Waals surface area contributed by atoms with Gasteiger partial charge in [0.05, 0.1) is 31.1 Å². The van der Waals surface area contributed by atoms with Crippen LogP contribution in [0.1, 0.15) is 43.5 Å². The molecule has 0 aliphatic heterocycles. The van der Waals surface area contributed by atoms with Gasteiger partial charge in [0.2, 0.25) is 0 Å². The second-order valence-electron chi connectivity index (χ2n) is 7.97. The predicted molar refractivity (Wildman–Crippen MR) is 117 cm³/mol. The van der Waals surface area contributed by atoms with Crippen molar-refractivity contribution < 1.29 is 18.6 Å². The first kappa shape index (κ1) is 22.3. The van der Waals surface area contributed by atoms with E-state index in [2.05, 4.69) is 20.6 Å². The quantitative estimate of drug-likeness (QED) is 0.440. The van der Waals surface area contributed by atoms with Gasteiger partial charge in [0.25, 0.3) is 0 Å². The molecule has 3 aromatic rings. The molecule has 1 fully saturated rings. The van der Waals surface area contributed by atoms with Crippen LogP contribution in [-0.4, -0.2) is 57.6 Å². The van der Waals surface area contributed by atoms with Crippen molar-refractivity contribution in [3.8, 4) is 17.1 Å². The maximum atomic E-state index is 14.6. The third-order valence-electron chi connectivity index (χ3n) is 5.67. The fourth-order valence-electron chi connectivity index (χ4n) is 3.81. The number of hydrogen-bond acceptors (Lipinski definition) is 7. The van der Waals surface area contributed by atoms with Crippen molar-refractivity contribution in [3.63, 3.8) is 0 Å². The molecule has 0 bridgehead atoms. The van der Waals surface area contributed by atoms with Crippen molar-refractivity contribution in [1.82, 2.24) is 24.9 Å². The van der Waals surface area contributed by atoms with Gasteiger partial charge >= 0.3 is 0 Å². The number of imidazole rings is 1. The molecule has 10 heteroatoms. The zero-order chi connectivity index (χ0) is 22.8. The number of likely N-dealkylation sites (N-methyl/N-ethyl adjacent to an activating group) is 1. The molecular formula is C22H28F2N6O2. The zero-order valence-electron chi connectivity index (χ0n) is 18.4. The highest BCUT2D eigenvalue weighted by atomic mass is 19.1. The predicted octanol–water partition coefficient (Wildman–Crippen LogP) is 3.06. The lowest BCUT2D eigenvalue weighted by atomic mass is 10.1. The first-order valence-electron chi connectivity index (χ1n) is 10.8. The highest BCUT2D eigenvalue weighted by Gasteiger charge is 2.30. The molecule has 2 unspecified atom stereocenters. The van der Waals surface area contributed by atoms with Crippen LogP contribution in [0.25, 0.3) is 17.0 Å². The number of rotatable bonds is 10. The van der Waals surface area contributed by atoms with Crippen molar-refractivity contribution in [1.29, 1.82) is 0 Å². The number of anilines is 1. The molecule has 1 aliphatic carbocycles. The average molecular weight is 447 g/mol. The van der Waals surface area contributed by atoms with Crippen LogP contribution in [0.3, 0.4) is 0 Å². The largest absolute Gasteiger partial charge is 0.495 e. The third kappa shape index (κ3) is 4.24. The van der Waals surface area contributed by atoms with Crippen LogP contribution in [-0.2, 0) is 6.61 Å². The van der Waals surface area contributed by atoms with E-state index in [9.17, 15) is 13.9 Å². The molecule has 0 spiro atoms. The first-order chi connectivity index (χ1) is 15.5. The summed E-state index contributed by atoms with van der Waals surface area (Å²) >= 11 is 0. The molecule has 3 aromatic heterocycles. The highest BCUT2D eigenvalue weighted by Crippen LogP contribution is 2.43. The highest BCUT2D eigenvalue weighted by molar-refractivity contribution is 5.66. The van der Waals surface area contributed by atoms with Gasteiger partial charge in [-0.2, -0.15) is 5.10 Å². The first-order valence-corrected chi connectivity index (χ1v) is 10.8. The van der Waals surface area contributed by atoms with Gasteiger partial charge < -0.3 is 20.5 Å². The van der Waals surface area contributed by atoms with Gasteiger partial charge in [0.15, 0.2) is 17.3 Å². The van der Waals surface area contributed by atoms with Crippen LogP contribution in [0.15, 0.2) is 18.2 Å². The van der Waals surface area contributed by atoms with Gasteiger partial charge in [-0.3, -0.25) is 0 Å². The number of ether oxygens (including phenoxy) is 1. The van der Waals surface area contributed by atoms with Crippen LogP contribution in [0.2, 0.25) is 0 Å². The standard InChI is InChI=1S/C22H28F2N6O2/c1-4-13(23)16(10-25-2)28-22-14(24)7-8-15(27-22)21-17(11-31)26-19-9-18(32-3)20(12-5-6-12)29-30(19)21/h7-9,12-13,16,25,31H,4-6,10-11H2,1-3H3,(H,27,28). The van der Waals surface area contributed by atoms with Crippen molar-refractivity contribution in [2.75, 3.05) is 26.0 Å². The third-order valence-corrected chi connectivity index (χ3v) is 5.67. The minimum absolute atomic E-state index is 0.0615. The number of aliphatic hydroxyl groups is 1. The van der Waals surface area contributed by atoms with E-state index in [-0.39, 0.29) is 18.8 Å². The molecule has 172 valence electrons. The second kappa shape index (κ2) is 9.33. The molecule has 8 nitrogen and oxygen atoms in total. The molecule has 0 aromatic carbocycles. The van der Waals surface area contributed by atoms with Gasteiger partial charge in [0.1, 0.15) is 23.3 Å². The summed E-state index contributed by atoms with van der Waals surface area (Å²) in [6, 6.07) is 3.91. The van der Waals surface area contributed by atoms with Crippen LogP contribution in [0.4, 0.5) is 14.6 Å². The van der Waals surface area contributed by atoms with E-state index in [4.69, 9.17) is 9.84 Å². The summed E-state index contributed by atoms with van der Waals surface area (Å²) in [7, 11) is 3.30. The lowest BCUT2D eigenvalue weighted by molar-refractivity contribution is 0.278. The molecule has 0 radical (unpaired) electrons. The van der Waals surface area contributed by atoms with Gasteiger partial charge in [-0.05, 0) is 38.4 Å². The molecule has 32 heavy (non-hydrogen) atoms. The van der Waals surface area contributed by atoms with E-state index in [1.807, 2.05) is 0 Å². The maximum Gasteiger partial charge on any atom is 0.165 e.